The van der Waals surface area contributed by atoms with Crippen LogP contribution in [0.2, 0.25) is 0 Å². The number of amides is 1. The van der Waals surface area contributed by atoms with Crippen LogP contribution >= 0.6 is 0 Å². The molecule has 3 aromatic rings. The van der Waals surface area contributed by atoms with Gasteiger partial charge in [0.15, 0.2) is 15.6 Å². The first kappa shape index (κ1) is 17.9. The van der Waals surface area contributed by atoms with Crippen LogP contribution in [0.3, 0.4) is 0 Å². The van der Waals surface area contributed by atoms with E-state index in [1.165, 1.54) is 24.5 Å². The molecule has 0 bridgehead atoms. The molecular formula is C19H16FNO4S. The largest absolute Gasteiger partial charge is 0.459 e. The zero-order chi connectivity index (χ0) is 18.6. The van der Waals surface area contributed by atoms with Crippen LogP contribution in [0.15, 0.2) is 82.3 Å². The Morgan fingerprint density at radius 2 is 1.69 bits per heavy atom. The zero-order valence-electron chi connectivity index (χ0n) is 13.6. The summed E-state index contributed by atoms with van der Waals surface area (Å²) in [4.78, 5) is 12.1. The molecule has 1 unspecified atom stereocenters. The lowest BCUT2D eigenvalue weighted by molar-refractivity contribution is 0.0926. The highest BCUT2D eigenvalue weighted by atomic mass is 32.2. The van der Waals surface area contributed by atoms with E-state index < -0.39 is 26.8 Å². The summed E-state index contributed by atoms with van der Waals surface area (Å²) in [6, 6.07) is 16.2. The van der Waals surface area contributed by atoms with Crippen molar-refractivity contribution >= 4 is 15.7 Å². The maximum Gasteiger partial charge on any atom is 0.287 e. The van der Waals surface area contributed by atoms with Crippen molar-refractivity contribution in [2.24, 2.45) is 0 Å². The number of nitrogens with one attached hydrogen (secondary N) is 1. The molecule has 0 saturated heterocycles. The third-order valence-corrected chi connectivity index (χ3v) is 6.00. The minimum Gasteiger partial charge on any atom is -0.459 e. The second-order valence-electron chi connectivity index (χ2n) is 5.59. The SMILES string of the molecule is O=C(NCC(c1ccccc1)S(=O)(=O)c1ccc(F)cc1)c1ccco1. The van der Waals surface area contributed by atoms with E-state index >= 15 is 0 Å². The summed E-state index contributed by atoms with van der Waals surface area (Å²) < 4.78 is 44.3. The molecule has 0 radical (unpaired) electrons. The van der Waals surface area contributed by atoms with Gasteiger partial charge < -0.3 is 9.73 Å². The van der Waals surface area contributed by atoms with E-state index in [-0.39, 0.29) is 17.2 Å². The van der Waals surface area contributed by atoms with Crippen molar-refractivity contribution in [1.82, 2.24) is 5.32 Å². The van der Waals surface area contributed by atoms with Crippen molar-refractivity contribution in [1.29, 1.82) is 0 Å². The number of rotatable bonds is 6. The molecule has 0 aliphatic carbocycles. The summed E-state index contributed by atoms with van der Waals surface area (Å²) in [6.45, 7) is -0.150. The summed E-state index contributed by atoms with van der Waals surface area (Å²) in [5.41, 5.74) is 0.525. The van der Waals surface area contributed by atoms with E-state index in [1.54, 1.807) is 36.4 Å². The molecule has 0 aliphatic rings. The Balaban J connectivity index is 1.91. The smallest absolute Gasteiger partial charge is 0.287 e. The van der Waals surface area contributed by atoms with Crippen LogP contribution in [0.25, 0.3) is 0 Å². The Labute approximate surface area is 150 Å². The highest BCUT2D eigenvalue weighted by Gasteiger charge is 2.30. The lowest BCUT2D eigenvalue weighted by atomic mass is 10.1. The summed E-state index contributed by atoms with van der Waals surface area (Å²) >= 11 is 0. The molecule has 1 aromatic heterocycles. The Bertz CT molecular complexity index is 968. The van der Waals surface area contributed by atoms with Crippen molar-refractivity contribution in [3.63, 3.8) is 0 Å². The van der Waals surface area contributed by atoms with E-state index in [0.29, 0.717) is 5.56 Å². The molecule has 0 aliphatic heterocycles. The number of furan rings is 1. The Hall–Kier alpha value is -2.93. The van der Waals surface area contributed by atoms with Gasteiger partial charge in [-0.1, -0.05) is 30.3 Å². The number of sulfone groups is 1. The fraction of sp³-hybridized carbons (Fsp3) is 0.105. The lowest BCUT2D eigenvalue weighted by Crippen LogP contribution is -2.31. The van der Waals surface area contributed by atoms with Crippen LogP contribution in [0.4, 0.5) is 4.39 Å². The molecule has 0 fully saturated rings. The molecule has 1 amide bonds. The number of carbonyl (C=O) groups is 1. The molecular weight excluding hydrogens is 357 g/mol. The molecule has 26 heavy (non-hydrogen) atoms. The van der Waals surface area contributed by atoms with Gasteiger partial charge in [-0.3, -0.25) is 4.79 Å². The Kier molecular flexibility index (Phi) is 5.18. The number of carbonyl (C=O) groups excluding carboxylic acids is 1. The van der Waals surface area contributed by atoms with Crippen molar-refractivity contribution in [2.75, 3.05) is 6.54 Å². The lowest BCUT2D eigenvalue weighted by Gasteiger charge is -2.19. The van der Waals surface area contributed by atoms with Gasteiger partial charge in [-0.2, -0.15) is 0 Å². The van der Waals surface area contributed by atoms with Crippen LogP contribution in [-0.2, 0) is 9.84 Å². The molecule has 5 nitrogen and oxygen atoms in total. The third-order valence-electron chi connectivity index (χ3n) is 3.88. The minimum atomic E-state index is -3.85. The topological polar surface area (TPSA) is 76.4 Å². The predicted octanol–water partition coefficient (Wildman–Crippen LogP) is 3.36. The molecule has 1 atom stereocenters. The summed E-state index contributed by atoms with van der Waals surface area (Å²) in [5.74, 6) is -0.937. The van der Waals surface area contributed by atoms with E-state index in [9.17, 15) is 17.6 Å². The second-order valence-corrected chi connectivity index (χ2v) is 7.72. The maximum atomic E-state index is 13.1. The highest BCUT2D eigenvalue weighted by Crippen LogP contribution is 2.28. The fourth-order valence-corrected chi connectivity index (χ4v) is 4.21. The van der Waals surface area contributed by atoms with E-state index in [2.05, 4.69) is 5.32 Å². The standard InChI is InChI=1S/C19H16FNO4S/c20-15-8-10-16(11-9-15)26(23,24)18(14-5-2-1-3-6-14)13-21-19(22)17-7-4-12-25-17/h1-12,18H,13H2,(H,21,22). The Morgan fingerprint density at radius 3 is 2.31 bits per heavy atom. The van der Waals surface area contributed by atoms with Crippen molar-refractivity contribution in [3.8, 4) is 0 Å². The van der Waals surface area contributed by atoms with Crippen LogP contribution < -0.4 is 5.32 Å². The van der Waals surface area contributed by atoms with E-state index in [0.717, 1.165) is 12.1 Å². The monoisotopic (exact) mass is 373 g/mol. The van der Waals surface area contributed by atoms with E-state index in [1.807, 2.05) is 0 Å². The first-order chi connectivity index (χ1) is 12.5. The number of hydrogen-bond donors (Lipinski definition) is 1. The summed E-state index contributed by atoms with van der Waals surface area (Å²) in [5, 5.41) is 1.56. The minimum absolute atomic E-state index is 0.0139. The average Bonchev–Trinajstić information content (AvgIpc) is 3.17. The van der Waals surface area contributed by atoms with Gasteiger partial charge in [0.1, 0.15) is 11.1 Å². The first-order valence-corrected chi connectivity index (χ1v) is 9.39. The van der Waals surface area contributed by atoms with Gasteiger partial charge in [0.05, 0.1) is 11.2 Å². The molecule has 1 heterocycles. The van der Waals surface area contributed by atoms with Gasteiger partial charge in [0.2, 0.25) is 0 Å². The van der Waals surface area contributed by atoms with Gasteiger partial charge in [-0.15, -0.1) is 0 Å². The number of benzene rings is 2. The summed E-state index contributed by atoms with van der Waals surface area (Å²) in [6.07, 6.45) is 1.36. The molecule has 0 spiro atoms. The molecule has 1 N–H and O–H groups in total. The van der Waals surface area contributed by atoms with Gasteiger partial charge in [0.25, 0.3) is 5.91 Å². The highest BCUT2D eigenvalue weighted by molar-refractivity contribution is 7.91. The van der Waals surface area contributed by atoms with Gasteiger partial charge >= 0.3 is 0 Å². The van der Waals surface area contributed by atoms with Crippen molar-refractivity contribution in [3.05, 3.63) is 90.1 Å². The van der Waals surface area contributed by atoms with Gasteiger partial charge in [-0.05, 0) is 42.0 Å². The van der Waals surface area contributed by atoms with Gasteiger partial charge in [0, 0.05) is 6.54 Å². The molecule has 7 heteroatoms. The zero-order valence-corrected chi connectivity index (χ0v) is 14.4. The van der Waals surface area contributed by atoms with Crippen molar-refractivity contribution < 1.29 is 22.0 Å². The molecule has 3 rings (SSSR count). The summed E-state index contributed by atoms with van der Waals surface area (Å²) in [7, 11) is -3.85. The maximum absolute atomic E-state index is 13.1. The van der Waals surface area contributed by atoms with Crippen LogP contribution in [0.1, 0.15) is 21.4 Å². The second kappa shape index (κ2) is 7.53. The number of halogens is 1. The average molecular weight is 373 g/mol. The third kappa shape index (κ3) is 3.83. The van der Waals surface area contributed by atoms with Crippen LogP contribution in [-0.4, -0.2) is 20.9 Å². The van der Waals surface area contributed by atoms with Gasteiger partial charge in [-0.25, -0.2) is 12.8 Å². The number of hydrogen-bond acceptors (Lipinski definition) is 4. The first-order valence-electron chi connectivity index (χ1n) is 7.84. The van der Waals surface area contributed by atoms with Crippen LogP contribution in [0.5, 0.6) is 0 Å². The normalized spacial score (nSPS) is 12.5. The molecule has 134 valence electrons. The van der Waals surface area contributed by atoms with Crippen molar-refractivity contribution in [2.45, 2.75) is 10.1 Å². The molecule has 2 aromatic carbocycles. The quantitative estimate of drug-likeness (QED) is 0.672. The Morgan fingerprint density at radius 1 is 1.00 bits per heavy atom. The fourth-order valence-electron chi connectivity index (χ4n) is 2.54. The molecule has 0 saturated carbocycles. The predicted molar refractivity (Wildman–Crippen MR) is 93.8 cm³/mol. The van der Waals surface area contributed by atoms with Crippen LogP contribution in [0, 0.1) is 5.82 Å². The van der Waals surface area contributed by atoms with E-state index in [4.69, 9.17) is 4.42 Å².